The highest BCUT2D eigenvalue weighted by Crippen LogP contribution is 2.40. The van der Waals surface area contributed by atoms with Crippen molar-refractivity contribution in [2.75, 3.05) is 20.2 Å². The minimum absolute atomic E-state index is 0.0401. The molecule has 1 aliphatic carbocycles. The van der Waals surface area contributed by atoms with E-state index in [1.165, 1.54) is 13.1 Å². The third kappa shape index (κ3) is 6.74. The molecule has 0 spiro atoms. The molecule has 246 valence electrons. The number of rotatable bonds is 10. The van der Waals surface area contributed by atoms with Crippen LogP contribution < -0.4 is 10.6 Å². The van der Waals surface area contributed by atoms with Crippen LogP contribution in [0, 0.1) is 11.3 Å². The second-order valence-electron chi connectivity index (χ2n) is 12.2. The number of pyridine rings is 1. The van der Waals surface area contributed by atoms with E-state index in [2.05, 4.69) is 26.6 Å². The Kier molecular flexibility index (Phi) is 9.44. The predicted molar refractivity (Wildman–Crippen MR) is 181 cm³/mol. The molecule has 2 atom stereocenters. The van der Waals surface area contributed by atoms with E-state index in [0.717, 1.165) is 29.8 Å². The molecule has 0 radical (unpaired) electrons. The fourth-order valence-corrected chi connectivity index (χ4v) is 6.48. The van der Waals surface area contributed by atoms with Crippen LogP contribution in [-0.4, -0.2) is 68.9 Å². The number of halogens is 1. The summed E-state index contributed by atoms with van der Waals surface area (Å²) in [5.41, 5.74) is 6.10. The zero-order valence-electron chi connectivity index (χ0n) is 26.8. The van der Waals surface area contributed by atoms with Gasteiger partial charge in [0, 0.05) is 51.0 Å². The molecule has 2 aromatic heterocycles. The quantitative estimate of drug-likeness (QED) is 0.208. The Labute approximate surface area is 282 Å². The van der Waals surface area contributed by atoms with Crippen LogP contribution >= 0.6 is 11.6 Å². The number of nitrogens with zero attached hydrogens (tertiary/aromatic N) is 4. The molecular formula is C36H35ClN6O5. The maximum Gasteiger partial charge on any atom is 0.270 e. The average Bonchev–Trinajstić information content (AvgIpc) is 3.48. The number of oxazole rings is 1. The minimum atomic E-state index is -1.02. The maximum atomic E-state index is 13.3. The van der Waals surface area contributed by atoms with Crippen molar-refractivity contribution in [1.29, 1.82) is 5.26 Å². The molecule has 4 aromatic rings. The van der Waals surface area contributed by atoms with Gasteiger partial charge in [0.1, 0.15) is 17.3 Å². The van der Waals surface area contributed by atoms with Crippen molar-refractivity contribution in [2.24, 2.45) is 0 Å². The monoisotopic (exact) mass is 666 g/mol. The number of hydrogen-bond donors (Lipinski definition) is 3. The van der Waals surface area contributed by atoms with Gasteiger partial charge in [-0.1, -0.05) is 30.4 Å². The fourth-order valence-electron chi connectivity index (χ4n) is 6.18. The van der Waals surface area contributed by atoms with Crippen LogP contribution in [0.5, 0.6) is 0 Å². The van der Waals surface area contributed by atoms with Crippen LogP contribution in [0.3, 0.4) is 0 Å². The van der Waals surface area contributed by atoms with Gasteiger partial charge >= 0.3 is 0 Å². The Bertz CT molecular complexity index is 1990. The van der Waals surface area contributed by atoms with Crippen molar-refractivity contribution >= 4 is 40.1 Å². The van der Waals surface area contributed by atoms with Crippen LogP contribution in [0.2, 0.25) is 0 Å². The number of nitriles is 1. The first-order valence-corrected chi connectivity index (χ1v) is 15.9. The maximum absolute atomic E-state index is 13.3. The van der Waals surface area contributed by atoms with E-state index in [1.54, 1.807) is 13.2 Å². The lowest BCUT2D eigenvalue weighted by Crippen LogP contribution is -2.58. The summed E-state index contributed by atoms with van der Waals surface area (Å²) in [7, 11) is 1.54. The lowest BCUT2D eigenvalue weighted by molar-refractivity contribution is -0.120. The molecule has 3 heterocycles. The summed E-state index contributed by atoms with van der Waals surface area (Å²) in [6.07, 6.45) is 7.07. The highest BCUT2D eigenvalue weighted by Gasteiger charge is 2.38. The largest absolute Gasteiger partial charge is 0.435 e. The van der Waals surface area contributed by atoms with E-state index >= 15 is 0 Å². The van der Waals surface area contributed by atoms with Crippen molar-refractivity contribution in [3.8, 4) is 17.5 Å². The number of aliphatic hydroxyl groups excluding tert-OH is 1. The molecule has 2 aliphatic rings. The molecule has 2 aromatic carbocycles. The van der Waals surface area contributed by atoms with E-state index in [-0.39, 0.29) is 30.9 Å². The molecule has 2 amide bonds. The van der Waals surface area contributed by atoms with Crippen molar-refractivity contribution in [3.05, 3.63) is 100 Å². The van der Waals surface area contributed by atoms with Crippen molar-refractivity contribution in [3.63, 3.8) is 0 Å². The van der Waals surface area contributed by atoms with Crippen LogP contribution in [-0.2, 0) is 29.3 Å². The number of hydrogen-bond acceptors (Lipinski definition) is 9. The predicted octanol–water partition coefficient (Wildman–Crippen LogP) is 4.47. The number of likely N-dealkylation sites (tertiary alicyclic amines) is 1. The zero-order valence-corrected chi connectivity index (χ0v) is 27.5. The van der Waals surface area contributed by atoms with Gasteiger partial charge in [-0.25, -0.2) is 4.98 Å². The van der Waals surface area contributed by atoms with Crippen LogP contribution in [0.25, 0.3) is 28.1 Å². The number of carbonyl (C=O) groups excluding carboxylic acids is 2. The Balaban J connectivity index is 1.21. The minimum Gasteiger partial charge on any atom is -0.435 e. The molecule has 48 heavy (non-hydrogen) atoms. The molecule has 12 heteroatoms. The fraction of sp³-hybridized carbons (Fsp3) is 0.306. The lowest BCUT2D eigenvalue weighted by atomic mass is 9.83. The highest BCUT2D eigenvalue weighted by atomic mass is 35.5. The number of ether oxygens (including phenoxy) is 1. The van der Waals surface area contributed by atoms with E-state index < -0.39 is 16.8 Å². The van der Waals surface area contributed by atoms with Gasteiger partial charge in [0.05, 0.1) is 35.7 Å². The van der Waals surface area contributed by atoms with Gasteiger partial charge < -0.3 is 24.9 Å². The van der Waals surface area contributed by atoms with Gasteiger partial charge in [0.2, 0.25) is 11.8 Å². The summed E-state index contributed by atoms with van der Waals surface area (Å²) >= 11 is 7.20. The highest BCUT2D eigenvalue weighted by molar-refractivity contribution is 6.31. The van der Waals surface area contributed by atoms with Gasteiger partial charge in [0.25, 0.3) is 5.91 Å². The molecule has 1 saturated heterocycles. The Morgan fingerprint density at radius 2 is 1.98 bits per heavy atom. The number of alkyl halides is 1. The number of allylic oxidation sites excluding steroid dienone is 2. The summed E-state index contributed by atoms with van der Waals surface area (Å²) in [5.74, 6) is -0.0802. The summed E-state index contributed by atoms with van der Waals surface area (Å²) in [6, 6.07) is 14.8. The van der Waals surface area contributed by atoms with E-state index in [0.29, 0.717) is 45.8 Å². The third-order valence-electron chi connectivity index (χ3n) is 8.61. The molecule has 11 nitrogen and oxygen atoms in total. The van der Waals surface area contributed by atoms with Gasteiger partial charge in [-0.05, 0) is 59.5 Å². The number of fused-ring (bicyclic) bond motifs is 1. The van der Waals surface area contributed by atoms with Gasteiger partial charge in [-0.2, -0.15) is 5.26 Å². The molecule has 6 rings (SSSR count). The van der Waals surface area contributed by atoms with Crippen LogP contribution in [0.4, 0.5) is 0 Å². The summed E-state index contributed by atoms with van der Waals surface area (Å²) in [5, 5.41) is 25.4. The van der Waals surface area contributed by atoms with Gasteiger partial charge in [0.15, 0.2) is 5.58 Å². The average molecular weight is 667 g/mol. The molecule has 0 bridgehead atoms. The molecule has 2 unspecified atom stereocenters. The first kappa shape index (κ1) is 33.1. The number of benzene rings is 2. The topological polar surface area (TPSA) is 154 Å². The Morgan fingerprint density at radius 3 is 2.71 bits per heavy atom. The third-order valence-corrected chi connectivity index (χ3v) is 9.05. The van der Waals surface area contributed by atoms with Crippen LogP contribution in [0.15, 0.2) is 71.3 Å². The second-order valence-corrected chi connectivity index (χ2v) is 13.0. The smallest absolute Gasteiger partial charge is 0.270 e. The lowest BCUT2D eigenvalue weighted by Gasteiger charge is -2.39. The standard InChI is InChI=1S/C36H35ClN6O5/c1-21(45)40-28-17-43(18-28)16-22-10-25(14-38)33-30(11-22)41-35(48-33)24-7-4-6-23(12-24)29-8-5-9-32(36(29,2)37)42-34(46)31-13-26(20-47-3)27(19-44)15-39-31/h4-13,15,28,32,44H,16-20H2,1-3H3,(H,40,45)(H,42,46). The normalized spacial score (nSPS) is 19.4. The van der Waals surface area contributed by atoms with E-state index in [4.69, 9.17) is 25.7 Å². The van der Waals surface area contributed by atoms with Crippen molar-refractivity contribution in [2.45, 2.75) is 50.6 Å². The number of methoxy groups -OCH3 is 1. The first-order chi connectivity index (χ1) is 23.1. The Morgan fingerprint density at radius 1 is 1.19 bits per heavy atom. The first-order valence-electron chi connectivity index (χ1n) is 15.5. The molecule has 1 aliphatic heterocycles. The van der Waals surface area contributed by atoms with E-state index in [1.807, 2.05) is 61.5 Å². The summed E-state index contributed by atoms with van der Waals surface area (Å²) < 4.78 is 11.4. The van der Waals surface area contributed by atoms with Crippen molar-refractivity contribution < 1.29 is 23.8 Å². The molecule has 1 fully saturated rings. The van der Waals surface area contributed by atoms with Gasteiger partial charge in [-0.3, -0.25) is 19.5 Å². The SMILES string of the molecule is COCc1cc(C(=O)NC2C=CC=C(c3cccc(-c4nc5cc(CN6CC(NC(C)=O)C6)cc(C#N)c5o4)c3)C2(C)Cl)ncc1CO. The van der Waals surface area contributed by atoms with E-state index in [9.17, 15) is 20.0 Å². The number of aliphatic hydroxyl groups is 1. The van der Waals surface area contributed by atoms with Gasteiger partial charge in [-0.15, -0.1) is 11.6 Å². The molecule has 3 N–H and O–H groups in total. The Hall–Kier alpha value is -4.86. The number of aromatic nitrogens is 2. The number of amides is 2. The second kappa shape index (κ2) is 13.7. The summed E-state index contributed by atoms with van der Waals surface area (Å²) in [6.45, 7) is 5.50. The summed E-state index contributed by atoms with van der Waals surface area (Å²) in [4.78, 5) is 34.8. The molecular weight excluding hydrogens is 632 g/mol. The van der Waals surface area contributed by atoms with Crippen molar-refractivity contribution in [1.82, 2.24) is 25.5 Å². The number of carbonyl (C=O) groups is 2. The number of nitrogens with one attached hydrogen (secondary N) is 2. The van der Waals surface area contributed by atoms with Crippen LogP contribution in [0.1, 0.15) is 52.2 Å². The zero-order chi connectivity index (χ0) is 34.0. The molecule has 0 saturated carbocycles.